The highest BCUT2D eigenvalue weighted by atomic mass is 32.2. The first-order valence-corrected chi connectivity index (χ1v) is 10.7. The van der Waals surface area contributed by atoms with Crippen molar-refractivity contribution in [1.82, 2.24) is 4.90 Å². The zero-order valence-corrected chi connectivity index (χ0v) is 18.1. The summed E-state index contributed by atoms with van der Waals surface area (Å²) in [4.78, 5) is 31.5. The molecule has 0 radical (unpaired) electrons. The Morgan fingerprint density at radius 1 is 1.17 bits per heavy atom. The Hall–Kier alpha value is -3.00. The second-order valence-electron chi connectivity index (χ2n) is 6.46. The van der Waals surface area contributed by atoms with Gasteiger partial charge < -0.3 is 14.8 Å². The van der Waals surface area contributed by atoms with Crippen molar-refractivity contribution >= 4 is 40.1 Å². The standard InChI is InChI=1S/C22H25N3O4S/c1-4-25-21(27)19(30-22(25)24-17-8-6-7-9-18(17)28-3)14-20(26)23-15-10-12-16(13-11-15)29-5-2/h6-13,19H,4-5,14H2,1-3H3,(H,23,26). The van der Waals surface area contributed by atoms with Gasteiger partial charge in [0.15, 0.2) is 5.17 Å². The van der Waals surface area contributed by atoms with Crippen LogP contribution in [-0.2, 0) is 9.59 Å². The van der Waals surface area contributed by atoms with Gasteiger partial charge in [-0.15, -0.1) is 0 Å². The molecule has 1 aliphatic heterocycles. The summed E-state index contributed by atoms with van der Waals surface area (Å²) in [6, 6.07) is 14.5. The van der Waals surface area contributed by atoms with E-state index < -0.39 is 5.25 Å². The Kier molecular flexibility index (Phi) is 7.35. The molecule has 2 aromatic rings. The molecular weight excluding hydrogens is 402 g/mol. The van der Waals surface area contributed by atoms with Crippen molar-refractivity contribution in [2.75, 3.05) is 25.6 Å². The minimum Gasteiger partial charge on any atom is -0.494 e. The van der Waals surface area contributed by atoms with E-state index in [-0.39, 0.29) is 18.2 Å². The summed E-state index contributed by atoms with van der Waals surface area (Å²) in [6.07, 6.45) is 0.0676. The highest BCUT2D eigenvalue weighted by Crippen LogP contribution is 2.34. The number of carbonyl (C=O) groups is 2. The lowest BCUT2D eigenvalue weighted by Gasteiger charge is -2.14. The number of nitrogens with zero attached hydrogens (tertiary/aromatic N) is 2. The number of rotatable bonds is 8. The molecule has 1 atom stereocenters. The van der Waals surface area contributed by atoms with E-state index in [1.165, 1.54) is 11.8 Å². The predicted molar refractivity (Wildman–Crippen MR) is 120 cm³/mol. The number of ether oxygens (including phenoxy) is 2. The number of anilines is 1. The highest BCUT2D eigenvalue weighted by Gasteiger charge is 2.38. The van der Waals surface area contributed by atoms with Crippen LogP contribution in [0.1, 0.15) is 20.3 Å². The predicted octanol–water partition coefficient (Wildman–Crippen LogP) is 4.07. The monoisotopic (exact) mass is 427 g/mol. The van der Waals surface area contributed by atoms with E-state index in [1.54, 1.807) is 36.3 Å². The number of benzene rings is 2. The molecule has 1 heterocycles. The quantitative estimate of drug-likeness (QED) is 0.687. The van der Waals surface area contributed by atoms with Crippen molar-refractivity contribution in [2.45, 2.75) is 25.5 Å². The van der Waals surface area contributed by atoms with Crippen molar-refractivity contribution in [3.05, 3.63) is 48.5 Å². The molecule has 0 saturated carbocycles. The molecule has 1 fully saturated rings. The number of methoxy groups -OCH3 is 1. The lowest BCUT2D eigenvalue weighted by Crippen LogP contribution is -2.33. The van der Waals surface area contributed by atoms with Crippen LogP contribution in [0.25, 0.3) is 0 Å². The number of carbonyl (C=O) groups excluding carboxylic acids is 2. The molecule has 2 amide bonds. The summed E-state index contributed by atoms with van der Waals surface area (Å²) < 4.78 is 10.7. The van der Waals surface area contributed by atoms with Gasteiger partial charge in [0.05, 0.1) is 13.7 Å². The van der Waals surface area contributed by atoms with Crippen molar-refractivity contribution < 1.29 is 19.1 Å². The molecule has 0 spiro atoms. The number of nitrogens with one attached hydrogen (secondary N) is 1. The number of amidine groups is 1. The molecule has 0 bridgehead atoms. The summed E-state index contributed by atoms with van der Waals surface area (Å²) in [7, 11) is 1.58. The third-order valence-corrected chi connectivity index (χ3v) is 5.63. The van der Waals surface area contributed by atoms with Crippen LogP contribution in [0.3, 0.4) is 0 Å². The van der Waals surface area contributed by atoms with E-state index in [9.17, 15) is 9.59 Å². The van der Waals surface area contributed by atoms with E-state index >= 15 is 0 Å². The van der Waals surface area contributed by atoms with Crippen LogP contribution in [0.2, 0.25) is 0 Å². The average molecular weight is 428 g/mol. The van der Waals surface area contributed by atoms with Gasteiger partial charge in [-0.3, -0.25) is 14.5 Å². The maximum atomic E-state index is 12.8. The molecule has 1 saturated heterocycles. The second kappa shape index (κ2) is 10.2. The molecule has 30 heavy (non-hydrogen) atoms. The van der Waals surface area contributed by atoms with E-state index in [4.69, 9.17) is 9.47 Å². The fourth-order valence-corrected chi connectivity index (χ4v) is 4.24. The smallest absolute Gasteiger partial charge is 0.242 e. The molecule has 1 N–H and O–H groups in total. The summed E-state index contributed by atoms with van der Waals surface area (Å²) in [5.41, 5.74) is 1.31. The Labute approximate surface area is 180 Å². The van der Waals surface area contributed by atoms with Gasteiger partial charge in [-0.2, -0.15) is 0 Å². The molecular formula is C22H25N3O4S. The third-order valence-electron chi connectivity index (χ3n) is 4.46. The average Bonchev–Trinajstić information content (AvgIpc) is 3.04. The van der Waals surface area contributed by atoms with Gasteiger partial charge in [-0.25, -0.2) is 4.99 Å². The fraction of sp³-hybridized carbons (Fsp3) is 0.318. The van der Waals surface area contributed by atoms with Gasteiger partial charge in [-0.05, 0) is 50.2 Å². The van der Waals surface area contributed by atoms with Crippen molar-refractivity contribution in [1.29, 1.82) is 0 Å². The van der Waals surface area contributed by atoms with Crippen LogP contribution in [0.5, 0.6) is 11.5 Å². The van der Waals surface area contributed by atoms with Gasteiger partial charge in [0.25, 0.3) is 0 Å². The first kappa shape index (κ1) is 21.7. The maximum absolute atomic E-state index is 12.8. The topological polar surface area (TPSA) is 80.2 Å². The highest BCUT2D eigenvalue weighted by molar-refractivity contribution is 8.15. The zero-order valence-electron chi connectivity index (χ0n) is 17.3. The first-order valence-electron chi connectivity index (χ1n) is 9.78. The van der Waals surface area contributed by atoms with Gasteiger partial charge in [0, 0.05) is 18.7 Å². The van der Waals surface area contributed by atoms with Crippen molar-refractivity contribution in [2.24, 2.45) is 4.99 Å². The number of thioether (sulfide) groups is 1. The lowest BCUT2D eigenvalue weighted by atomic mass is 10.2. The van der Waals surface area contributed by atoms with Crippen molar-refractivity contribution in [3.8, 4) is 11.5 Å². The summed E-state index contributed by atoms with van der Waals surface area (Å²) in [6.45, 7) is 4.87. The number of hydrogen-bond acceptors (Lipinski definition) is 6. The van der Waals surface area contributed by atoms with Crippen LogP contribution >= 0.6 is 11.8 Å². The first-order chi connectivity index (χ1) is 14.5. The van der Waals surface area contributed by atoms with Gasteiger partial charge in [-0.1, -0.05) is 23.9 Å². The zero-order chi connectivity index (χ0) is 21.5. The van der Waals surface area contributed by atoms with E-state index in [0.29, 0.717) is 35.4 Å². The molecule has 0 aliphatic carbocycles. The number of para-hydroxylation sites is 2. The summed E-state index contributed by atoms with van der Waals surface area (Å²) in [5, 5.41) is 2.90. The normalized spacial score (nSPS) is 17.3. The van der Waals surface area contributed by atoms with Crippen LogP contribution in [0.15, 0.2) is 53.5 Å². The van der Waals surface area contributed by atoms with Gasteiger partial charge in [0.2, 0.25) is 11.8 Å². The van der Waals surface area contributed by atoms with Gasteiger partial charge in [0.1, 0.15) is 22.4 Å². The van der Waals surface area contributed by atoms with Crippen LogP contribution in [-0.4, -0.2) is 47.4 Å². The molecule has 7 nitrogen and oxygen atoms in total. The van der Waals surface area contributed by atoms with Crippen LogP contribution < -0.4 is 14.8 Å². The molecule has 158 valence electrons. The Balaban J connectivity index is 1.68. The molecule has 1 aliphatic rings. The minimum absolute atomic E-state index is 0.0676. The SMILES string of the molecule is CCOc1ccc(NC(=O)CC2SC(=Nc3ccccc3OC)N(CC)C2=O)cc1. The number of aliphatic imine (C=N–C) groups is 1. The molecule has 8 heteroatoms. The number of amides is 2. The van der Waals surface area contributed by atoms with E-state index in [0.717, 1.165) is 5.75 Å². The summed E-state index contributed by atoms with van der Waals surface area (Å²) in [5.74, 6) is 1.04. The lowest BCUT2D eigenvalue weighted by molar-refractivity contribution is -0.128. The van der Waals surface area contributed by atoms with E-state index in [1.807, 2.05) is 38.1 Å². The maximum Gasteiger partial charge on any atom is 0.242 e. The molecule has 1 unspecified atom stereocenters. The molecule has 2 aromatic carbocycles. The summed E-state index contributed by atoms with van der Waals surface area (Å²) >= 11 is 1.30. The largest absolute Gasteiger partial charge is 0.494 e. The van der Waals surface area contributed by atoms with Crippen LogP contribution in [0, 0.1) is 0 Å². The Morgan fingerprint density at radius 3 is 2.57 bits per heavy atom. The van der Waals surface area contributed by atoms with Crippen LogP contribution in [0.4, 0.5) is 11.4 Å². The Bertz CT molecular complexity index is 930. The fourth-order valence-electron chi connectivity index (χ4n) is 3.02. The molecule has 0 aromatic heterocycles. The van der Waals surface area contributed by atoms with Gasteiger partial charge >= 0.3 is 0 Å². The third kappa shape index (κ3) is 5.13. The second-order valence-corrected chi connectivity index (χ2v) is 7.63. The number of hydrogen-bond donors (Lipinski definition) is 1. The van der Waals surface area contributed by atoms with Crippen molar-refractivity contribution in [3.63, 3.8) is 0 Å². The Morgan fingerprint density at radius 2 is 1.90 bits per heavy atom. The van der Waals surface area contributed by atoms with E-state index in [2.05, 4.69) is 10.3 Å². The molecule has 3 rings (SSSR count). The minimum atomic E-state index is -0.513.